The van der Waals surface area contributed by atoms with Gasteiger partial charge >= 0.3 is 0 Å². The van der Waals surface area contributed by atoms with E-state index in [1.165, 1.54) is 0 Å². The van der Waals surface area contributed by atoms with Crippen molar-refractivity contribution in [2.24, 2.45) is 0 Å². The Labute approximate surface area is 145 Å². The fourth-order valence-corrected chi connectivity index (χ4v) is 3.24. The Hall–Kier alpha value is -3.02. The van der Waals surface area contributed by atoms with E-state index < -0.39 is 0 Å². The minimum atomic E-state index is -0.104. The van der Waals surface area contributed by atoms with Crippen molar-refractivity contribution >= 4 is 5.91 Å². The Morgan fingerprint density at radius 3 is 2.84 bits per heavy atom. The van der Waals surface area contributed by atoms with Gasteiger partial charge in [0.2, 0.25) is 5.91 Å². The first kappa shape index (κ1) is 15.5. The Morgan fingerprint density at radius 1 is 1.20 bits per heavy atom. The summed E-state index contributed by atoms with van der Waals surface area (Å²) in [5.74, 6) is 0.968. The molecule has 126 valence electrons. The number of pyridine rings is 1. The molecule has 0 aliphatic carbocycles. The number of hydrogen-bond donors (Lipinski definition) is 0. The van der Waals surface area contributed by atoms with Crippen LogP contribution in [0.3, 0.4) is 0 Å². The number of likely N-dealkylation sites (tertiary alicyclic amines) is 1. The largest absolute Gasteiger partial charge is 0.333 e. The van der Waals surface area contributed by atoms with E-state index in [1.807, 2.05) is 42.5 Å². The van der Waals surface area contributed by atoms with E-state index >= 15 is 0 Å². The Balaban J connectivity index is 1.64. The van der Waals surface area contributed by atoms with Gasteiger partial charge in [0.1, 0.15) is 5.69 Å². The van der Waals surface area contributed by atoms with Crippen LogP contribution in [0, 0.1) is 0 Å². The lowest BCUT2D eigenvalue weighted by Crippen LogP contribution is -2.28. The minimum Gasteiger partial charge on any atom is -0.333 e. The van der Waals surface area contributed by atoms with Crippen LogP contribution in [0.4, 0.5) is 0 Å². The SMILES string of the molecule is CC(=O)N1CCCC1c1noc(-c2cc(-c3ccccc3)ccn2)n1. The Bertz CT molecular complexity index is 891. The summed E-state index contributed by atoms with van der Waals surface area (Å²) in [4.78, 5) is 22.4. The summed E-state index contributed by atoms with van der Waals surface area (Å²) in [6.07, 6.45) is 3.55. The second-order valence-electron chi connectivity index (χ2n) is 6.12. The molecule has 4 rings (SSSR count). The molecule has 1 aliphatic rings. The maximum absolute atomic E-state index is 11.7. The molecule has 1 aliphatic heterocycles. The highest BCUT2D eigenvalue weighted by atomic mass is 16.5. The van der Waals surface area contributed by atoms with E-state index in [0.29, 0.717) is 17.4 Å². The van der Waals surface area contributed by atoms with Crippen molar-refractivity contribution in [1.29, 1.82) is 0 Å². The third-order valence-electron chi connectivity index (χ3n) is 4.48. The van der Waals surface area contributed by atoms with E-state index in [9.17, 15) is 4.79 Å². The average Bonchev–Trinajstić information content (AvgIpc) is 3.32. The second kappa shape index (κ2) is 6.47. The van der Waals surface area contributed by atoms with Gasteiger partial charge in [0.05, 0.1) is 6.04 Å². The molecular weight excluding hydrogens is 316 g/mol. The molecule has 1 fully saturated rings. The number of rotatable bonds is 3. The Kier molecular flexibility index (Phi) is 4.01. The lowest BCUT2D eigenvalue weighted by atomic mass is 10.1. The number of carbonyl (C=O) groups excluding carboxylic acids is 1. The summed E-state index contributed by atoms with van der Waals surface area (Å²) in [7, 11) is 0. The van der Waals surface area contributed by atoms with Crippen LogP contribution in [0.25, 0.3) is 22.7 Å². The molecule has 1 amide bonds. The average molecular weight is 334 g/mol. The first-order chi connectivity index (χ1) is 12.2. The van der Waals surface area contributed by atoms with Gasteiger partial charge in [0, 0.05) is 19.7 Å². The van der Waals surface area contributed by atoms with Crippen LogP contribution in [-0.2, 0) is 4.79 Å². The van der Waals surface area contributed by atoms with E-state index in [-0.39, 0.29) is 11.9 Å². The summed E-state index contributed by atoms with van der Waals surface area (Å²) >= 11 is 0. The van der Waals surface area contributed by atoms with E-state index in [4.69, 9.17) is 4.52 Å². The second-order valence-corrected chi connectivity index (χ2v) is 6.12. The van der Waals surface area contributed by atoms with Crippen LogP contribution in [0.5, 0.6) is 0 Å². The van der Waals surface area contributed by atoms with Gasteiger partial charge in [-0.3, -0.25) is 9.78 Å². The number of nitrogens with zero attached hydrogens (tertiary/aromatic N) is 4. The zero-order chi connectivity index (χ0) is 17.2. The molecule has 1 atom stereocenters. The molecule has 3 aromatic rings. The summed E-state index contributed by atoms with van der Waals surface area (Å²) in [5.41, 5.74) is 2.77. The number of benzene rings is 1. The number of hydrogen-bond acceptors (Lipinski definition) is 5. The monoisotopic (exact) mass is 334 g/mol. The topological polar surface area (TPSA) is 72.1 Å². The highest BCUT2D eigenvalue weighted by Crippen LogP contribution is 2.31. The normalized spacial score (nSPS) is 17.0. The van der Waals surface area contributed by atoms with Gasteiger partial charge in [0.15, 0.2) is 5.82 Å². The molecule has 1 saturated heterocycles. The maximum atomic E-state index is 11.7. The van der Waals surface area contributed by atoms with Crippen molar-refractivity contribution in [3.63, 3.8) is 0 Å². The summed E-state index contributed by atoms with van der Waals surface area (Å²) in [5, 5.41) is 4.09. The van der Waals surface area contributed by atoms with Gasteiger partial charge in [-0.1, -0.05) is 35.5 Å². The van der Waals surface area contributed by atoms with Crippen molar-refractivity contribution in [2.75, 3.05) is 6.54 Å². The molecule has 2 aromatic heterocycles. The van der Waals surface area contributed by atoms with Crippen LogP contribution in [-0.4, -0.2) is 32.5 Å². The summed E-state index contributed by atoms with van der Waals surface area (Å²) in [6.45, 7) is 2.32. The van der Waals surface area contributed by atoms with Crippen molar-refractivity contribution in [2.45, 2.75) is 25.8 Å². The molecule has 1 aromatic carbocycles. The molecule has 6 nitrogen and oxygen atoms in total. The molecule has 6 heteroatoms. The Morgan fingerprint density at radius 2 is 2.04 bits per heavy atom. The van der Waals surface area contributed by atoms with Gasteiger partial charge in [-0.2, -0.15) is 4.98 Å². The zero-order valence-corrected chi connectivity index (χ0v) is 13.9. The standard InChI is InChI=1S/C19H18N4O2/c1-13(24)23-11-5-8-17(23)18-21-19(25-22-18)16-12-15(9-10-20-16)14-6-3-2-4-7-14/h2-4,6-7,9-10,12,17H,5,8,11H2,1H3. The first-order valence-corrected chi connectivity index (χ1v) is 8.35. The van der Waals surface area contributed by atoms with Gasteiger partial charge in [0.25, 0.3) is 5.89 Å². The number of amides is 1. The van der Waals surface area contributed by atoms with E-state index in [2.05, 4.69) is 15.1 Å². The van der Waals surface area contributed by atoms with Crippen LogP contribution in [0.1, 0.15) is 31.6 Å². The predicted octanol–water partition coefficient (Wildman–Crippen LogP) is 3.48. The third kappa shape index (κ3) is 3.03. The van der Waals surface area contributed by atoms with E-state index in [0.717, 1.165) is 30.5 Å². The molecule has 3 heterocycles. The smallest absolute Gasteiger partial charge is 0.276 e. The minimum absolute atomic E-state index is 0.0399. The molecule has 0 radical (unpaired) electrons. The van der Waals surface area contributed by atoms with Crippen LogP contribution in [0.15, 0.2) is 53.2 Å². The van der Waals surface area contributed by atoms with Crippen LogP contribution >= 0.6 is 0 Å². The zero-order valence-electron chi connectivity index (χ0n) is 13.9. The molecule has 0 bridgehead atoms. The summed E-state index contributed by atoms with van der Waals surface area (Å²) < 4.78 is 5.42. The van der Waals surface area contributed by atoms with Crippen molar-refractivity contribution in [3.05, 3.63) is 54.5 Å². The third-order valence-corrected chi connectivity index (χ3v) is 4.48. The molecule has 0 spiro atoms. The van der Waals surface area contributed by atoms with Crippen molar-refractivity contribution in [3.8, 4) is 22.7 Å². The maximum Gasteiger partial charge on any atom is 0.276 e. The van der Waals surface area contributed by atoms with Gasteiger partial charge in [-0.05, 0) is 36.1 Å². The first-order valence-electron chi connectivity index (χ1n) is 8.35. The van der Waals surface area contributed by atoms with Gasteiger partial charge in [-0.25, -0.2) is 0 Å². The molecule has 25 heavy (non-hydrogen) atoms. The summed E-state index contributed by atoms with van der Waals surface area (Å²) in [6, 6.07) is 13.8. The van der Waals surface area contributed by atoms with Crippen LogP contribution < -0.4 is 0 Å². The molecule has 0 saturated carbocycles. The quantitative estimate of drug-likeness (QED) is 0.733. The lowest BCUT2D eigenvalue weighted by molar-refractivity contribution is -0.129. The fraction of sp³-hybridized carbons (Fsp3) is 0.263. The van der Waals surface area contributed by atoms with Crippen molar-refractivity contribution in [1.82, 2.24) is 20.0 Å². The molecule has 1 unspecified atom stereocenters. The van der Waals surface area contributed by atoms with Crippen LogP contribution in [0.2, 0.25) is 0 Å². The molecular formula is C19H18N4O2. The number of carbonyl (C=O) groups is 1. The predicted molar refractivity (Wildman–Crippen MR) is 92.3 cm³/mol. The van der Waals surface area contributed by atoms with Crippen molar-refractivity contribution < 1.29 is 9.32 Å². The van der Waals surface area contributed by atoms with Gasteiger partial charge < -0.3 is 9.42 Å². The highest BCUT2D eigenvalue weighted by Gasteiger charge is 2.31. The number of aromatic nitrogens is 3. The fourth-order valence-electron chi connectivity index (χ4n) is 3.24. The molecule has 0 N–H and O–H groups in total. The lowest BCUT2D eigenvalue weighted by Gasteiger charge is -2.19. The van der Waals surface area contributed by atoms with E-state index in [1.54, 1.807) is 18.0 Å². The van der Waals surface area contributed by atoms with Gasteiger partial charge in [-0.15, -0.1) is 0 Å². The highest BCUT2D eigenvalue weighted by molar-refractivity contribution is 5.74.